The van der Waals surface area contributed by atoms with E-state index in [-0.39, 0.29) is 17.9 Å². The third kappa shape index (κ3) is 6.32. The Balaban J connectivity index is 1.77. The van der Waals surface area contributed by atoms with Crippen molar-refractivity contribution in [1.82, 2.24) is 0 Å². The number of hydrogen-bond donors (Lipinski definition) is 6. The molecule has 2 aliphatic heterocycles. The number of carbonyl (C=O) groups excluding carboxylic acids is 2. The van der Waals surface area contributed by atoms with Gasteiger partial charge in [-0.25, -0.2) is 4.79 Å². The summed E-state index contributed by atoms with van der Waals surface area (Å²) >= 11 is 0. The lowest BCUT2D eigenvalue weighted by Crippen LogP contribution is -2.60. The molecule has 210 valence electrons. The van der Waals surface area contributed by atoms with Crippen LogP contribution in [0.4, 0.5) is 0 Å². The number of ether oxygens (including phenoxy) is 5. The van der Waals surface area contributed by atoms with Gasteiger partial charge in [-0.3, -0.25) is 4.79 Å². The third-order valence-corrected chi connectivity index (χ3v) is 6.30. The molecule has 13 heteroatoms. The number of rotatable bonds is 9. The van der Waals surface area contributed by atoms with Crippen LogP contribution in [0.25, 0.3) is 0 Å². The number of aliphatic hydroxyl groups excluding tert-OH is 4. The van der Waals surface area contributed by atoms with Crippen molar-refractivity contribution in [3.8, 4) is 5.75 Å². The zero-order valence-electron chi connectivity index (χ0n) is 20.8. The van der Waals surface area contributed by atoms with Gasteiger partial charge in [0.05, 0.1) is 26.7 Å². The van der Waals surface area contributed by atoms with E-state index >= 15 is 0 Å². The molecule has 0 amide bonds. The zero-order chi connectivity index (χ0) is 28.0. The van der Waals surface area contributed by atoms with Gasteiger partial charge in [0.2, 0.25) is 6.29 Å². The van der Waals surface area contributed by atoms with Crippen LogP contribution >= 0.6 is 0 Å². The Morgan fingerprint density at radius 3 is 2.39 bits per heavy atom. The van der Waals surface area contributed by atoms with Crippen LogP contribution in [-0.2, 0) is 39.7 Å². The van der Waals surface area contributed by atoms with E-state index in [4.69, 9.17) is 23.7 Å². The van der Waals surface area contributed by atoms with Crippen molar-refractivity contribution in [2.24, 2.45) is 0 Å². The molecule has 1 aromatic carbocycles. The Morgan fingerprint density at radius 2 is 1.79 bits per heavy atom. The molecular formula is C25H32O13. The number of phenolic OH excluding ortho intramolecular Hbond substituents is 1. The highest BCUT2D eigenvalue weighted by Gasteiger charge is 2.52. The lowest BCUT2D eigenvalue weighted by molar-refractivity contribution is -0.329. The van der Waals surface area contributed by atoms with Gasteiger partial charge in [0.25, 0.3) is 0 Å². The number of carbonyl (C=O) groups is 2. The number of allylic oxidation sites excluding steroid dienone is 1. The Kier molecular flexibility index (Phi) is 9.84. The van der Waals surface area contributed by atoms with E-state index in [1.807, 2.05) is 0 Å². The van der Waals surface area contributed by atoms with Gasteiger partial charge < -0.3 is 54.3 Å². The Hall–Kier alpha value is -3.04. The molecule has 0 spiro atoms. The lowest BCUT2D eigenvalue weighted by atomic mass is 9.81. The SMILES string of the molecule is C/C=C1/[C@H](OC2OC(CO)C(O)C(O)C2O)OC=C(C(=O)OC)[C@@]1(O)CC(=O)OCCc1ccc(O)cc1. The van der Waals surface area contributed by atoms with Crippen LogP contribution in [0.1, 0.15) is 18.9 Å². The number of esters is 2. The fraction of sp³-hybridized carbons (Fsp3) is 0.520. The fourth-order valence-corrected chi connectivity index (χ4v) is 4.16. The maximum absolute atomic E-state index is 12.7. The van der Waals surface area contributed by atoms with Gasteiger partial charge in [-0.1, -0.05) is 18.2 Å². The van der Waals surface area contributed by atoms with Crippen LogP contribution in [0.2, 0.25) is 0 Å². The number of phenols is 1. The molecule has 1 saturated heterocycles. The summed E-state index contributed by atoms with van der Waals surface area (Å²) in [6.07, 6.45) is -7.77. The topological polar surface area (TPSA) is 202 Å². The predicted molar refractivity (Wildman–Crippen MR) is 126 cm³/mol. The molecule has 1 aromatic rings. The van der Waals surface area contributed by atoms with E-state index < -0.39 is 73.1 Å². The minimum absolute atomic E-state index is 0.0522. The van der Waals surface area contributed by atoms with Crippen molar-refractivity contribution in [1.29, 1.82) is 0 Å². The van der Waals surface area contributed by atoms with Crippen molar-refractivity contribution < 1.29 is 63.9 Å². The Bertz CT molecular complexity index is 1030. The first-order chi connectivity index (χ1) is 18.0. The maximum atomic E-state index is 12.7. The van der Waals surface area contributed by atoms with Crippen LogP contribution in [-0.4, -0.2) is 105 Å². The average Bonchev–Trinajstić information content (AvgIpc) is 2.89. The van der Waals surface area contributed by atoms with Gasteiger partial charge in [-0.2, -0.15) is 0 Å². The first kappa shape index (κ1) is 29.5. The zero-order valence-corrected chi connectivity index (χ0v) is 20.8. The van der Waals surface area contributed by atoms with E-state index in [2.05, 4.69) is 0 Å². The Morgan fingerprint density at radius 1 is 1.11 bits per heavy atom. The molecule has 2 aliphatic rings. The molecule has 7 atom stereocenters. The molecule has 3 rings (SSSR count). The molecule has 2 heterocycles. The van der Waals surface area contributed by atoms with Crippen molar-refractivity contribution in [3.05, 3.63) is 53.3 Å². The summed E-state index contributed by atoms with van der Waals surface area (Å²) in [6.45, 7) is 0.728. The second-order valence-corrected chi connectivity index (χ2v) is 8.74. The Labute approximate surface area is 218 Å². The smallest absolute Gasteiger partial charge is 0.340 e. The number of benzene rings is 1. The van der Waals surface area contributed by atoms with Gasteiger partial charge in [0.15, 0.2) is 6.29 Å². The highest BCUT2D eigenvalue weighted by molar-refractivity contribution is 5.93. The first-order valence-electron chi connectivity index (χ1n) is 11.8. The molecule has 0 radical (unpaired) electrons. The summed E-state index contributed by atoms with van der Waals surface area (Å²) in [7, 11) is 1.07. The van der Waals surface area contributed by atoms with Gasteiger partial charge in [0, 0.05) is 12.0 Å². The highest BCUT2D eigenvalue weighted by Crippen LogP contribution is 2.39. The monoisotopic (exact) mass is 540 g/mol. The van der Waals surface area contributed by atoms with Gasteiger partial charge in [-0.05, 0) is 24.6 Å². The minimum Gasteiger partial charge on any atom is -0.508 e. The van der Waals surface area contributed by atoms with Crippen molar-refractivity contribution in [2.75, 3.05) is 20.3 Å². The van der Waals surface area contributed by atoms with Crippen molar-refractivity contribution >= 4 is 11.9 Å². The van der Waals surface area contributed by atoms with Crippen LogP contribution < -0.4 is 0 Å². The normalized spacial score (nSPS) is 32.3. The van der Waals surface area contributed by atoms with Crippen LogP contribution in [0.15, 0.2) is 47.7 Å². The summed E-state index contributed by atoms with van der Waals surface area (Å²) in [5, 5.41) is 60.7. The molecule has 13 nitrogen and oxygen atoms in total. The van der Waals surface area contributed by atoms with E-state index in [1.165, 1.54) is 25.1 Å². The molecule has 5 unspecified atom stereocenters. The molecule has 0 aromatic heterocycles. The molecule has 6 N–H and O–H groups in total. The summed E-state index contributed by atoms with van der Waals surface area (Å²) in [5.41, 5.74) is -2.07. The summed E-state index contributed by atoms with van der Waals surface area (Å²) in [5.74, 6) is -1.77. The molecule has 0 saturated carbocycles. The van der Waals surface area contributed by atoms with Crippen molar-refractivity contribution in [3.63, 3.8) is 0 Å². The first-order valence-corrected chi connectivity index (χ1v) is 11.8. The number of methoxy groups -OCH3 is 1. The van der Waals surface area contributed by atoms with E-state index in [0.29, 0.717) is 6.42 Å². The van der Waals surface area contributed by atoms with Gasteiger partial charge in [0.1, 0.15) is 47.6 Å². The summed E-state index contributed by atoms with van der Waals surface area (Å²) in [4.78, 5) is 25.2. The standard InChI is InChI=1S/C25H32O13/c1-3-15-23(38-24-21(31)20(30)19(29)17(11-26)37-24)36-12-16(22(32)34-2)25(15,33)10-18(28)35-9-8-13-4-6-14(27)7-5-13/h3-7,12,17,19-21,23-24,26-27,29-31,33H,8-11H2,1-2H3/b15-3-/t17?,19?,20?,21?,23-,24?,25+/m0/s1. The molecule has 0 bridgehead atoms. The second-order valence-electron chi connectivity index (χ2n) is 8.74. The van der Waals surface area contributed by atoms with Gasteiger partial charge in [-0.15, -0.1) is 0 Å². The van der Waals surface area contributed by atoms with E-state index in [9.17, 15) is 40.2 Å². The number of aliphatic hydroxyl groups is 5. The highest BCUT2D eigenvalue weighted by atomic mass is 16.8. The number of aromatic hydroxyl groups is 1. The van der Waals surface area contributed by atoms with Crippen LogP contribution in [0.5, 0.6) is 5.75 Å². The van der Waals surface area contributed by atoms with Crippen LogP contribution in [0.3, 0.4) is 0 Å². The summed E-state index contributed by atoms with van der Waals surface area (Å²) in [6, 6.07) is 6.30. The minimum atomic E-state index is -2.31. The lowest BCUT2D eigenvalue weighted by Gasteiger charge is -2.43. The molecule has 0 aliphatic carbocycles. The third-order valence-electron chi connectivity index (χ3n) is 6.30. The van der Waals surface area contributed by atoms with E-state index in [0.717, 1.165) is 18.9 Å². The molecule has 38 heavy (non-hydrogen) atoms. The number of hydrogen-bond acceptors (Lipinski definition) is 13. The van der Waals surface area contributed by atoms with Crippen LogP contribution in [0, 0.1) is 0 Å². The molecule has 1 fully saturated rings. The van der Waals surface area contributed by atoms with Crippen molar-refractivity contribution in [2.45, 2.75) is 62.4 Å². The van der Waals surface area contributed by atoms with Gasteiger partial charge >= 0.3 is 11.9 Å². The van der Waals surface area contributed by atoms with E-state index in [1.54, 1.807) is 12.1 Å². The largest absolute Gasteiger partial charge is 0.508 e. The fourth-order valence-electron chi connectivity index (χ4n) is 4.16. The predicted octanol–water partition coefficient (Wildman–Crippen LogP) is -1.22. The molecular weight excluding hydrogens is 508 g/mol. The second kappa shape index (κ2) is 12.7. The quantitative estimate of drug-likeness (QED) is 0.161. The average molecular weight is 541 g/mol. The maximum Gasteiger partial charge on any atom is 0.340 e. The summed E-state index contributed by atoms with van der Waals surface area (Å²) < 4.78 is 26.4.